The summed E-state index contributed by atoms with van der Waals surface area (Å²) in [7, 11) is 1.44. The lowest BCUT2D eigenvalue weighted by atomic mass is 10.1. The summed E-state index contributed by atoms with van der Waals surface area (Å²) < 4.78 is 10.3. The standard InChI is InChI=1S/C17H31N3O4/c1-17(2,3)24-16(22)20-8-7-18-14(11-20)10-19-13-6-5-12(9-13)15(21)23-4/h12-14,18-19H,5-11H2,1-4H3/t12-,13+,14?/m0/s1. The van der Waals surface area contributed by atoms with Crippen LogP contribution in [0.5, 0.6) is 0 Å². The second-order valence-corrected chi connectivity index (χ2v) is 7.72. The molecular formula is C17H31N3O4. The molecule has 1 aliphatic carbocycles. The molecule has 138 valence electrons. The maximum absolute atomic E-state index is 12.2. The monoisotopic (exact) mass is 341 g/mol. The molecule has 0 radical (unpaired) electrons. The molecule has 0 aromatic heterocycles. The molecule has 1 heterocycles. The van der Waals surface area contributed by atoms with Gasteiger partial charge in [0.05, 0.1) is 13.0 Å². The van der Waals surface area contributed by atoms with Gasteiger partial charge in [-0.2, -0.15) is 0 Å². The summed E-state index contributed by atoms with van der Waals surface area (Å²) in [6, 6.07) is 0.538. The van der Waals surface area contributed by atoms with Gasteiger partial charge < -0.3 is 25.0 Å². The fraction of sp³-hybridized carbons (Fsp3) is 0.882. The smallest absolute Gasteiger partial charge is 0.410 e. The van der Waals surface area contributed by atoms with Crippen molar-refractivity contribution in [2.75, 3.05) is 33.3 Å². The highest BCUT2D eigenvalue weighted by Crippen LogP contribution is 2.26. The Morgan fingerprint density at radius 3 is 2.71 bits per heavy atom. The van der Waals surface area contributed by atoms with Crippen LogP contribution in [0, 0.1) is 5.92 Å². The van der Waals surface area contributed by atoms with Gasteiger partial charge >= 0.3 is 12.1 Å². The highest BCUT2D eigenvalue weighted by atomic mass is 16.6. The van der Waals surface area contributed by atoms with E-state index >= 15 is 0 Å². The first-order chi connectivity index (χ1) is 11.3. The van der Waals surface area contributed by atoms with Crippen LogP contribution >= 0.6 is 0 Å². The Bertz CT molecular complexity index is 450. The molecule has 2 aliphatic rings. The lowest BCUT2D eigenvalue weighted by Crippen LogP contribution is -2.57. The number of carbonyl (C=O) groups is 2. The SMILES string of the molecule is COC(=O)[C@H]1CC[C@@H](NCC2CN(C(=O)OC(C)(C)C)CCN2)C1. The van der Waals surface area contributed by atoms with E-state index in [-0.39, 0.29) is 24.0 Å². The quantitative estimate of drug-likeness (QED) is 0.746. The van der Waals surface area contributed by atoms with Crippen molar-refractivity contribution in [1.82, 2.24) is 15.5 Å². The Hall–Kier alpha value is -1.34. The zero-order valence-electron chi connectivity index (χ0n) is 15.3. The van der Waals surface area contributed by atoms with Crippen LogP contribution in [0.1, 0.15) is 40.0 Å². The summed E-state index contributed by atoms with van der Waals surface area (Å²) in [6.45, 7) is 8.48. The average molecular weight is 341 g/mol. The molecule has 1 saturated heterocycles. The number of ether oxygens (including phenoxy) is 2. The van der Waals surface area contributed by atoms with Crippen molar-refractivity contribution in [1.29, 1.82) is 0 Å². The number of hydrogen-bond acceptors (Lipinski definition) is 6. The van der Waals surface area contributed by atoms with Crippen LogP contribution in [0.15, 0.2) is 0 Å². The Morgan fingerprint density at radius 2 is 2.04 bits per heavy atom. The molecular weight excluding hydrogens is 310 g/mol. The molecule has 24 heavy (non-hydrogen) atoms. The molecule has 1 saturated carbocycles. The largest absolute Gasteiger partial charge is 0.469 e. The fourth-order valence-electron chi connectivity index (χ4n) is 3.31. The Balaban J connectivity index is 1.74. The molecule has 0 spiro atoms. The summed E-state index contributed by atoms with van der Waals surface area (Å²) in [6.07, 6.45) is 2.45. The number of piperazine rings is 1. The molecule has 1 unspecified atom stereocenters. The minimum absolute atomic E-state index is 0.0186. The van der Waals surface area contributed by atoms with E-state index in [1.807, 2.05) is 20.8 Å². The Morgan fingerprint density at radius 1 is 1.29 bits per heavy atom. The molecule has 0 aromatic rings. The van der Waals surface area contributed by atoms with E-state index in [0.717, 1.165) is 32.4 Å². The van der Waals surface area contributed by atoms with Gasteiger partial charge in [0, 0.05) is 38.3 Å². The summed E-state index contributed by atoms with van der Waals surface area (Å²) in [5.41, 5.74) is -0.470. The predicted molar refractivity (Wildman–Crippen MR) is 90.7 cm³/mol. The van der Waals surface area contributed by atoms with Crippen molar-refractivity contribution >= 4 is 12.1 Å². The van der Waals surface area contributed by atoms with Gasteiger partial charge in [0.1, 0.15) is 5.60 Å². The second kappa shape index (κ2) is 8.16. The molecule has 2 N–H and O–H groups in total. The van der Waals surface area contributed by atoms with Gasteiger partial charge in [-0.1, -0.05) is 0 Å². The zero-order chi connectivity index (χ0) is 17.7. The number of hydrogen-bond donors (Lipinski definition) is 2. The van der Waals surface area contributed by atoms with Crippen molar-refractivity contribution in [2.24, 2.45) is 5.92 Å². The average Bonchev–Trinajstić information content (AvgIpc) is 3.00. The molecule has 2 fully saturated rings. The summed E-state index contributed by atoms with van der Waals surface area (Å²) in [4.78, 5) is 25.5. The summed E-state index contributed by atoms with van der Waals surface area (Å²) >= 11 is 0. The first kappa shape index (κ1) is 19.0. The highest BCUT2D eigenvalue weighted by Gasteiger charge is 2.32. The van der Waals surface area contributed by atoms with E-state index in [0.29, 0.717) is 19.1 Å². The summed E-state index contributed by atoms with van der Waals surface area (Å²) in [5, 5.41) is 6.95. The molecule has 7 nitrogen and oxygen atoms in total. The maximum Gasteiger partial charge on any atom is 0.410 e. The highest BCUT2D eigenvalue weighted by molar-refractivity contribution is 5.72. The van der Waals surface area contributed by atoms with E-state index in [9.17, 15) is 9.59 Å². The van der Waals surface area contributed by atoms with Crippen molar-refractivity contribution in [3.8, 4) is 0 Å². The van der Waals surface area contributed by atoms with Crippen LogP contribution in [0.4, 0.5) is 4.79 Å². The first-order valence-corrected chi connectivity index (χ1v) is 8.81. The minimum Gasteiger partial charge on any atom is -0.469 e. The first-order valence-electron chi connectivity index (χ1n) is 8.81. The topological polar surface area (TPSA) is 79.9 Å². The minimum atomic E-state index is -0.470. The van der Waals surface area contributed by atoms with Gasteiger partial charge in [0.2, 0.25) is 0 Å². The molecule has 1 amide bonds. The Kier molecular flexibility index (Phi) is 6.46. The van der Waals surface area contributed by atoms with Crippen molar-refractivity contribution in [3.05, 3.63) is 0 Å². The van der Waals surface area contributed by atoms with Crippen LogP contribution in [-0.4, -0.2) is 67.9 Å². The van der Waals surface area contributed by atoms with E-state index in [4.69, 9.17) is 9.47 Å². The third kappa shape index (κ3) is 5.63. The van der Waals surface area contributed by atoms with Crippen LogP contribution in [0.3, 0.4) is 0 Å². The van der Waals surface area contributed by atoms with Gasteiger partial charge in [-0.05, 0) is 40.0 Å². The Labute approximate surface area is 144 Å². The van der Waals surface area contributed by atoms with E-state index < -0.39 is 5.60 Å². The molecule has 1 aliphatic heterocycles. The molecule has 0 bridgehead atoms. The molecule has 3 atom stereocenters. The van der Waals surface area contributed by atoms with Gasteiger partial charge in [-0.3, -0.25) is 4.79 Å². The number of rotatable bonds is 4. The normalized spacial score (nSPS) is 27.8. The number of nitrogens with one attached hydrogen (secondary N) is 2. The van der Waals surface area contributed by atoms with Crippen molar-refractivity contribution in [2.45, 2.75) is 57.7 Å². The molecule has 0 aromatic carbocycles. The van der Waals surface area contributed by atoms with Crippen LogP contribution in [0.2, 0.25) is 0 Å². The van der Waals surface area contributed by atoms with Crippen LogP contribution < -0.4 is 10.6 Å². The van der Waals surface area contributed by atoms with Crippen molar-refractivity contribution in [3.63, 3.8) is 0 Å². The second-order valence-electron chi connectivity index (χ2n) is 7.72. The number of nitrogens with zero attached hydrogens (tertiary/aromatic N) is 1. The van der Waals surface area contributed by atoms with E-state index in [1.165, 1.54) is 7.11 Å². The zero-order valence-corrected chi connectivity index (χ0v) is 15.3. The lowest BCUT2D eigenvalue weighted by Gasteiger charge is -2.35. The number of esters is 1. The molecule has 7 heteroatoms. The van der Waals surface area contributed by atoms with E-state index in [2.05, 4.69) is 10.6 Å². The maximum atomic E-state index is 12.2. The number of carbonyl (C=O) groups excluding carboxylic acids is 2. The number of methoxy groups -OCH3 is 1. The van der Waals surface area contributed by atoms with Gasteiger partial charge in [0.15, 0.2) is 0 Å². The summed E-state index contributed by atoms with van der Waals surface area (Å²) in [5.74, 6) is -0.0868. The van der Waals surface area contributed by atoms with Gasteiger partial charge in [0.25, 0.3) is 0 Å². The van der Waals surface area contributed by atoms with Crippen molar-refractivity contribution < 1.29 is 19.1 Å². The van der Waals surface area contributed by atoms with Gasteiger partial charge in [-0.15, -0.1) is 0 Å². The predicted octanol–water partition coefficient (Wildman–Crippen LogP) is 1.13. The fourth-order valence-corrected chi connectivity index (χ4v) is 3.31. The van der Waals surface area contributed by atoms with Gasteiger partial charge in [-0.25, -0.2) is 4.79 Å². The van der Waals surface area contributed by atoms with Crippen LogP contribution in [-0.2, 0) is 14.3 Å². The van der Waals surface area contributed by atoms with Crippen LogP contribution in [0.25, 0.3) is 0 Å². The lowest BCUT2D eigenvalue weighted by molar-refractivity contribution is -0.145. The third-order valence-electron chi connectivity index (χ3n) is 4.53. The van der Waals surface area contributed by atoms with E-state index in [1.54, 1.807) is 4.90 Å². The molecule has 2 rings (SSSR count). The third-order valence-corrected chi connectivity index (χ3v) is 4.53. The number of amides is 1.